The molecule has 1 fully saturated rings. The Balaban J connectivity index is 1.54. The number of pyridine rings is 1. The Morgan fingerprint density at radius 1 is 1.19 bits per heavy atom. The van der Waals surface area contributed by atoms with Gasteiger partial charge < -0.3 is 25.1 Å². The van der Waals surface area contributed by atoms with Crippen molar-refractivity contribution in [2.75, 3.05) is 60.5 Å². The first-order valence-electron chi connectivity index (χ1n) is 13.9. The van der Waals surface area contributed by atoms with Crippen molar-refractivity contribution >= 4 is 44.1 Å². The first-order chi connectivity index (χ1) is 20.7. The number of hydrogen-bond donors (Lipinski definition) is 4. The maximum absolute atomic E-state index is 14.2. The number of fused-ring (bicyclic) bond motifs is 1. The van der Waals surface area contributed by atoms with E-state index in [0.29, 0.717) is 54.4 Å². The fraction of sp³-hybridized carbons (Fsp3) is 0.407. The van der Waals surface area contributed by atoms with E-state index < -0.39 is 21.9 Å². The minimum Gasteiger partial charge on any atom is -0.458 e. The van der Waals surface area contributed by atoms with Gasteiger partial charge in [0.25, 0.3) is 5.56 Å². The Bertz CT molecular complexity index is 1720. The summed E-state index contributed by atoms with van der Waals surface area (Å²) < 4.78 is 54.0. The van der Waals surface area contributed by atoms with Crippen LogP contribution in [0.5, 0.6) is 5.75 Å². The summed E-state index contributed by atoms with van der Waals surface area (Å²) in [5.41, 5.74) is 0.736. The standard InChI is InChI=1S/C27H34FN9O5S/c1-3-14-43(39,40)35-19-4-5-21(23(15-19)42-18(2)28)37-22-16-24(33-26-27(38)31-7-6-29-26)32-17-20(22)25(34-37)30-8-9-36-10-12-41-13-11-36/h4-7,15-18,35H,3,8-14H2,1-2H3,(H,30,34)(H,31,38)(H,29,32,33). The van der Waals surface area contributed by atoms with Gasteiger partial charge in [-0.2, -0.15) is 0 Å². The molecule has 4 heterocycles. The van der Waals surface area contributed by atoms with Crippen LogP contribution >= 0.6 is 0 Å². The Hall–Kier alpha value is -4.28. The molecule has 1 unspecified atom stereocenters. The van der Waals surface area contributed by atoms with Crippen LogP contribution in [0.1, 0.15) is 20.3 Å². The number of hydrogen-bond acceptors (Lipinski definition) is 11. The van der Waals surface area contributed by atoms with Crippen molar-refractivity contribution in [3.05, 3.63) is 53.2 Å². The van der Waals surface area contributed by atoms with E-state index in [4.69, 9.17) is 14.6 Å². The highest BCUT2D eigenvalue weighted by Gasteiger charge is 2.20. The molecule has 14 nitrogen and oxygen atoms in total. The topological polar surface area (TPSA) is 168 Å². The van der Waals surface area contributed by atoms with Crippen LogP contribution in [0.4, 0.5) is 27.5 Å². The number of aromatic amines is 1. The molecule has 1 saturated heterocycles. The first-order valence-corrected chi connectivity index (χ1v) is 15.6. The normalized spacial score (nSPS) is 14.9. The summed E-state index contributed by atoms with van der Waals surface area (Å²) >= 11 is 0. The molecule has 0 amide bonds. The number of morpholine rings is 1. The average Bonchev–Trinajstić information content (AvgIpc) is 3.32. The highest BCUT2D eigenvalue weighted by atomic mass is 32.2. The highest BCUT2D eigenvalue weighted by Crippen LogP contribution is 2.34. The Morgan fingerprint density at radius 2 is 2.00 bits per heavy atom. The Labute approximate surface area is 247 Å². The van der Waals surface area contributed by atoms with E-state index in [1.54, 1.807) is 36.0 Å². The second-order valence-electron chi connectivity index (χ2n) is 9.88. The molecule has 1 aliphatic rings. The Kier molecular flexibility index (Phi) is 9.37. The van der Waals surface area contributed by atoms with Gasteiger partial charge in [-0.1, -0.05) is 6.92 Å². The molecule has 1 aromatic carbocycles. The second kappa shape index (κ2) is 13.4. The van der Waals surface area contributed by atoms with Gasteiger partial charge in [0.1, 0.15) is 11.5 Å². The summed E-state index contributed by atoms with van der Waals surface area (Å²) in [5, 5.41) is 11.7. The van der Waals surface area contributed by atoms with E-state index in [1.165, 1.54) is 25.4 Å². The van der Waals surface area contributed by atoms with Gasteiger partial charge in [0, 0.05) is 63.8 Å². The van der Waals surface area contributed by atoms with Crippen molar-refractivity contribution in [1.29, 1.82) is 0 Å². The van der Waals surface area contributed by atoms with Gasteiger partial charge in [-0.05, 0) is 18.6 Å². The molecule has 230 valence electrons. The number of anilines is 4. The zero-order chi connectivity index (χ0) is 30.4. The van der Waals surface area contributed by atoms with Crippen molar-refractivity contribution in [2.24, 2.45) is 0 Å². The third-order valence-corrected chi connectivity index (χ3v) is 8.06. The van der Waals surface area contributed by atoms with Gasteiger partial charge in [-0.25, -0.2) is 27.5 Å². The molecule has 0 bridgehead atoms. The number of sulfonamides is 1. The molecule has 0 radical (unpaired) electrons. The molecule has 16 heteroatoms. The number of aromatic nitrogens is 5. The molecule has 3 aromatic heterocycles. The van der Waals surface area contributed by atoms with Crippen molar-refractivity contribution < 1.29 is 22.3 Å². The van der Waals surface area contributed by atoms with Crippen molar-refractivity contribution in [3.8, 4) is 11.4 Å². The third-order valence-electron chi connectivity index (χ3n) is 6.57. The van der Waals surface area contributed by atoms with E-state index in [2.05, 4.69) is 35.2 Å². The minimum absolute atomic E-state index is 0.0586. The number of halogens is 1. The molecular weight excluding hydrogens is 581 g/mol. The van der Waals surface area contributed by atoms with E-state index in [-0.39, 0.29) is 23.0 Å². The van der Waals surface area contributed by atoms with Crippen molar-refractivity contribution in [1.82, 2.24) is 29.6 Å². The van der Waals surface area contributed by atoms with Gasteiger partial charge in [-0.3, -0.25) is 14.4 Å². The van der Waals surface area contributed by atoms with E-state index in [9.17, 15) is 17.6 Å². The summed E-state index contributed by atoms with van der Waals surface area (Å²) in [7, 11) is -3.59. The lowest BCUT2D eigenvalue weighted by Crippen LogP contribution is -2.39. The van der Waals surface area contributed by atoms with Crippen LogP contribution in [0.3, 0.4) is 0 Å². The van der Waals surface area contributed by atoms with Gasteiger partial charge >= 0.3 is 0 Å². The van der Waals surface area contributed by atoms with E-state index in [1.807, 2.05) is 0 Å². The zero-order valence-electron chi connectivity index (χ0n) is 23.8. The fourth-order valence-corrected chi connectivity index (χ4v) is 5.76. The molecule has 1 atom stereocenters. The molecule has 4 N–H and O–H groups in total. The molecule has 1 aliphatic heterocycles. The lowest BCUT2D eigenvalue weighted by Gasteiger charge is -2.26. The summed E-state index contributed by atoms with van der Waals surface area (Å²) in [6.45, 7) is 7.43. The maximum atomic E-state index is 14.2. The van der Waals surface area contributed by atoms with Crippen LogP contribution in [0, 0.1) is 0 Å². The van der Waals surface area contributed by atoms with Crippen molar-refractivity contribution in [2.45, 2.75) is 26.6 Å². The predicted octanol–water partition coefficient (Wildman–Crippen LogP) is 2.84. The van der Waals surface area contributed by atoms with Gasteiger partial charge in [0.2, 0.25) is 16.4 Å². The summed E-state index contributed by atoms with van der Waals surface area (Å²) in [4.78, 5) is 25.6. The highest BCUT2D eigenvalue weighted by molar-refractivity contribution is 7.92. The van der Waals surface area contributed by atoms with E-state index in [0.717, 1.165) is 19.6 Å². The quantitative estimate of drug-likeness (QED) is 0.175. The number of alkyl halides is 1. The molecule has 43 heavy (non-hydrogen) atoms. The molecular formula is C27H34FN9O5S. The Morgan fingerprint density at radius 3 is 2.74 bits per heavy atom. The predicted molar refractivity (Wildman–Crippen MR) is 162 cm³/mol. The van der Waals surface area contributed by atoms with Gasteiger partial charge in [0.05, 0.1) is 35.6 Å². The SMILES string of the molecule is CCCS(=O)(=O)Nc1ccc(-n2nc(NCCN3CCOCC3)c3cnc(Nc4ncc[nH]c4=O)cc32)c(OC(C)F)c1. The lowest BCUT2D eigenvalue weighted by atomic mass is 10.2. The lowest BCUT2D eigenvalue weighted by molar-refractivity contribution is 0.0398. The van der Waals surface area contributed by atoms with Gasteiger partial charge in [-0.15, -0.1) is 5.10 Å². The van der Waals surface area contributed by atoms with Crippen LogP contribution in [0.15, 0.2) is 47.7 Å². The number of H-pyrrole nitrogens is 1. The van der Waals surface area contributed by atoms with Gasteiger partial charge in [0.15, 0.2) is 17.4 Å². The van der Waals surface area contributed by atoms with Crippen LogP contribution in [-0.2, 0) is 14.8 Å². The van der Waals surface area contributed by atoms with E-state index >= 15 is 0 Å². The number of ether oxygens (including phenoxy) is 2. The zero-order valence-corrected chi connectivity index (χ0v) is 24.7. The van der Waals surface area contributed by atoms with Crippen molar-refractivity contribution in [3.63, 3.8) is 0 Å². The first kappa shape index (κ1) is 30.2. The summed E-state index contributed by atoms with van der Waals surface area (Å²) in [5.74, 6) is 0.926. The van der Waals surface area contributed by atoms with Crippen LogP contribution < -0.4 is 25.7 Å². The number of benzene rings is 1. The molecule has 0 aliphatic carbocycles. The average molecular weight is 616 g/mol. The molecule has 0 spiro atoms. The monoisotopic (exact) mass is 615 g/mol. The number of rotatable bonds is 13. The summed E-state index contributed by atoms with van der Waals surface area (Å²) in [6, 6.07) is 6.27. The number of nitrogens with zero attached hydrogens (tertiary/aromatic N) is 5. The molecule has 5 rings (SSSR count). The fourth-order valence-electron chi connectivity index (χ4n) is 4.63. The second-order valence-corrected chi connectivity index (χ2v) is 11.7. The maximum Gasteiger partial charge on any atom is 0.291 e. The largest absolute Gasteiger partial charge is 0.458 e. The minimum atomic E-state index is -3.59. The van der Waals surface area contributed by atoms with Crippen LogP contribution in [0.25, 0.3) is 16.6 Å². The molecule has 4 aromatic rings. The smallest absolute Gasteiger partial charge is 0.291 e. The number of nitrogens with one attached hydrogen (secondary N) is 4. The summed E-state index contributed by atoms with van der Waals surface area (Å²) in [6.07, 6.45) is 3.23. The van der Waals surface area contributed by atoms with Crippen LogP contribution in [0.2, 0.25) is 0 Å². The third kappa shape index (κ3) is 7.57. The van der Waals surface area contributed by atoms with Crippen LogP contribution in [-0.4, -0.2) is 89.6 Å². The molecule has 0 saturated carbocycles.